The molecular weight excluding hydrogens is 356 g/mol. The Morgan fingerprint density at radius 1 is 1.29 bits per heavy atom. The highest BCUT2D eigenvalue weighted by Gasteiger charge is 2.26. The van der Waals surface area contributed by atoms with Crippen LogP contribution < -0.4 is 10.5 Å². The molecule has 1 aliphatic carbocycles. The normalized spacial score (nSPS) is 23.1. The monoisotopic (exact) mass is 376 g/mol. The summed E-state index contributed by atoms with van der Waals surface area (Å²) in [5.41, 5.74) is 5.99. The van der Waals surface area contributed by atoms with E-state index in [9.17, 15) is 13.5 Å². The maximum absolute atomic E-state index is 12.4. The molecule has 0 amide bonds. The molecule has 1 aromatic rings. The van der Waals surface area contributed by atoms with E-state index < -0.39 is 10.0 Å². The van der Waals surface area contributed by atoms with Crippen molar-refractivity contribution in [1.82, 2.24) is 4.72 Å². The maximum atomic E-state index is 12.4. The van der Waals surface area contributed by atoms with Crippen LogP contribution in [0.1, 0.15) is 25.7 Å². The third-order valence-electron chi connectivity index (χ3n) is 4.10. The summed E-state index contributed by atoms with van der Waals surface area (Å²) in [5, 5.41) is 9.38. The highest BCUT2D eigenvalue weighted by Crippen LogP contribution is 2.30. The predicted octanol–water partition coefficient (Wildman–Crippen LogP) is 2.11. The molecule has 4 N–H and O–H groups in total. The molecule has 0 bridgehead atoms. The molecule has 21 heavy (non-hydrogen) atoms. The molecule has 1 aliphatic rings. The van der Waals surface area contributed by atoms with Crippen LogP contribution in [-0.2, 0) is 10.0 Å². The second-order valence-electron chi connectivity index (χ2n) is 5.52. The lowest BCUT2D eigenvalue weighted by Gasteiger charge is -2.30. The molecule has 1 aromatic carbocycles. The summed E-state index contributed by atoms with van der Waals surface area (Å²) in [4.78, 5) is 0.0910. The molecule has 0 heterocycles. The Labute approximate surface area is 134 Å². The molecule has 0 aromatic heterocycles. The summed E-state index contributed by atoms with van der Waals surface area (Å²) in [6.07, 6.45) is 4.10. The Morgan fingerprint density at radius 2 is 1.95 bits per heavy atom. The first-order valence-electron chi connectivity index (χ1n) is 7.09. The van der Waals surface area contributed by atoms with Crippen molar-refractivity contribution >= 4 is 31.6 Å². The average molecular weight is 377 g/mol. The highest BCUT2D eigenvalue weighted by molar-refractivity contribution is 9.10. The van der Waals surface area contributed by atoms with E-state index in [2.05, 4.69) is 20.7 Å². The third-order valence-corrected chi connectivity index (χ3v) is 6.07. The zero-order chi connectivity index (χ0) is 15.5. The number of nitrogen functional groups attached to an aromatic ring is 1. The van der Waals surface area contributed by atoms with Gasteiger partial charge in [0.15, 0.2) is 0 Å². The van der Waals surface area contributed by atoms with Gasteiger partial charge in [0.1, 0.15) is 4.90 Å². The van der Waals surface area contributed by atoms with Crippen LogP contribution in [0.25, 0.3) is 0 Å². The molecule has 0 spiro atoms. The minimum atomic E-state index is -3.63. The SMILES string of the molecule is Nc1ccc(Br)cc1S(=O)(=O)NCC1CCCCC1CO. The number of hydrogen-bond acceptors (Lipinski definition) is 4. The molecular formula is C14H21BrN2O3S. The fourth-order valence-electron chi connectivity index (χ4n) is 2.83. The van der Waals surface area contributed by atoms with Gasteiger partial charge in [0, 0.05) is 17.6 Å². The van der Waals surface area contributed by atoms with Gasteiger partial charge < -0.3 is 10.8 Å². The Balaban J connectivity index is 2.09. The molecule has 0 saturated heterocycles. The van der Waals surface area contributed by atoms with Gasteiger partial charge in [-0.25, -0.2) is 13.1 Å². The van der Waals surface area contributed by atoms with E-state index in [0.717, 1.165) is 25.7 Å². The lowest BCUT2D eigenvalue weighted by atomic mass is 9.80. The van der Waals surface area contributed by atoms with Crippen molar-refractivity contribution in [3.8, 4) is 0 Å². The van der Waals surface area contributed by atoms with E-state index in [1.807, 2.05) is 0 Å². The molecule has 1 saturated carbocycles. The average Bonchev–Trinajstić information content (AvgIpc) is 2.48. The van der Waals surface area contributed by atoms with Crippen LogP contribution in [0.5, 0.6) is 0 Å². The zero-order valence-electron chi connectivity index (χ0n) is 11.8. The van der Waals surface area contributed by atoms with Gasteiger partial charge in [-0.2, -0.15) is 0 Å². The van der Waals surface area contributed by atoms with Crippen LogP contribution in [0.15, 0.2) is 27.6 Å². The third kappa shape index (κ3) is 4.18. The summed E-state index contributed by atoms with van der Waals surface area (Å²) in [6, 6.07) is 4.77. The fraction of sp³-hybridized carbons (Fsp3) is 0.571. The van der Waals surface area contributed by atoms with Gasteiger partial charge in [-0.15, -0.1) is 0 Å². The van der Waals surface area contributed by atoms with Crippen molar-refractivity contribution in [1.29, 1.82) is 0 Å². The second kappa shape index (κ2) is 7.09. The van der Waals surface area contributed by atoms with E-state index in [-0.39, 0.29) is 29.0 Å². The Bertz CT molecular complexity index is 592. The largest absolute Gasteiger partial charge is 0.398 e. The van der Waals surface area contributed by atoms with E-state index >= 15 is 0 Å². The smallest absolute Gasteiger partial charge is 0.242 e. The van der Waals surface area contributed by atoms with E-state index in [0.29, 0.717) is 11.0 Å². The van der Waals surface area contributed by atoms with Crippen LogP contribution >= 0.6 is 15.9 Å². The number of benzene rings is 1. The molecule has 0 aliphatic heterocycles. The molecule has 2 atom stereocenters. The van der Waals surface area contributed by atoms with E-state index in [1.165, 1.54) is 6.07 Å². The highest BCUT2D eigenvalue weighted by atomic mass is 79.9. The molecule has 0 radical (unpaired) electrons. The number of anilines is 1. The van der Waals surface area contributed by atoms with Gasteiger partial charge in [0.05, 0.1) is 5.69 Å². The van der Waals surface area contributed by atoms with Crippen molar-refractivity contribution in [3.05, 3.63) is 22.7 Å². The van der Waals surface area contributed by atoms with Gasteiger partial charge in [0.25, 0.3) is 0 Å². The van der Waals surface area contributed by atoms with Crippen LogP contribution in [0.2, 0.25) is 0 Å². The summed E-state index contributed by atoms with van der Waals surface area (Å²) in [6.45, 7) is 0.463. The number of halogens is 1. The van der Waals surface area contributed by atoms with Crippen molar-refractivity contribution in [2.24, 2.45) is 11.8 Å². The fourth-order valence-corrected chi connectivity index (χ4v) is 4.59. The number of aliphatic hydroxyl groups excluding tert-OH is 1. The summed E-state index contributed by atoms with van der Waals surface area (Å²) in [7, 11) is -3.63. The van der Waals surface area contributed by atoms with Crippen molar-refractivity contribution in [3.63, 3.8) is 0 Å². The lowest BCUT2D eigenvalue weighted by molar-refractivity contribution is 0.136. The lowest BCUT2D eigenvalue weighted by Crippen LogP contribution is -2.35. The van der Waals surface area contributed by atoms with Crippen molar-refractivity contribution in [2.45, 2.75) is 30.6 Å². The van der Waals surface area contributed by atoms with Crippen LogP contribution in [-0.4, -0.2) is 26.7 Å². The molecule has 2 rings (SSSR count). The van der Waals surface area contributed by atoms with Gasteiger partial charge in [0.2, 0.25) is 10.0 Å². The number of nitrogens with two attached hydrogens (primary N) is 1. The summed E-state index contributed by atoms with van der Waals surface area (Å²) < 4.78 is 28.0. The summed E-state index contributed by atoms with van der Waals surface area (Å²) >= 11 is 3.26. The number of hydrogen-bond donors (Lipinski definition) is 3. The Morgan fingerprint density at radius 3 is 2.62 bits per heavy atom. The molecule has 2 unspecified atom stereocenters. The summed E-state index contributed by atoms with van der Waals surface area (Å²) in [5.74, 6) is 0.369. The number of sulfonamides is 1. The molecule has 1 fully saturated rings. The predicted molar refractivity (Wildman–Crippen MR) is 86.3 cm³/mol. The van der Waals surface area contributed by atoms with Crippen molar-refractivity contribution in [2.75, 3.05) is 18.9 Å². The quantitative estimate of drug-likeness (QED) is 0.686. The number of nitrogens with one attached hydrogen (secondary N) is 1. The second-order valence-corrected chi connectivity index (χ2v) is 8.17. The first-order valence-corrected chi connectivity index (χ1v) is 9.37. The molecule has 7 heteroatoms. The van der Waals surface area contributed by atoms with E-state index in [4.69, 9.17) is 5.73 Å². The van der Waals surface area contributed by atoms with Crippen LogP contribution in [0.3, 0.4) is 0 Å². The first kappa shape index (κ1) is 16.7. The maximum Gasteiger partial charge on any atom is 0.242 e. The zero-order valence-corrected chi connectivity index (χ0v) is 14.2. The van der Waals surface area contributed by atoms with Gasteiger partial charge in [-0.1, -0.05) is 28.8 Å². The molecule has 118 valence electrons. The van der Waals surface area contributed by atoms with Crippen LogP contribution in [0, 0.1) is 11.8 Å². The molecule has 5 nitrogen and oxygen atoms in total. The number of rotatable bonds is 5. The first-order chi connectivity index (χ1) is 9.94. The Kier molecular flexibility index (Phi) is 5.65. The van der Waals surface area contributed by atoms with Gasteiger partial charge in [-0.05, 0) is 42.9 Å². The number of aliphatic hydroxyl groups is 1. The van der Waals surface area contributed by atoms with E-state index in [1.54, 1.807) is 12.1 Å². The standard InChI is InChI=1S/C14H21BrN2O3S/c15-12-5-6-13(16)14(7-12)21(19,20)17-8-10-3-1-2-4-11(10)9-18/h5-7,10-11,17-18H,1-4,8-9,16H2. The minimum absolute atomic E-state index is 0.0910. The minimum Gasteiger partial charge on any atom is -0.398 e. The van der Waals surface area contributed by atoms with Gasteiger partial charge in [-0.3, -0.25) is 0 Å². The Hall–Kier alpha value is -0.630. The van der Waals surface area contributed by atoms with Crippen molar-refractivity contribution < 1.29 is 13.5 Å². The topological polar surface area (TPSA) is 92.4 Å². The van der Waals surface area contributed by atoms with Gasteiger partial charge >= 0.3 is 0 Å². The van der Waals surface area contributed by atoms with Crippen LogP contribution in [0.4, 0.5) is 5.69 Å².